The molecule has 0 bridgehead atoms. The van der Waals surface area contributed by atoms with E-state index in [1.807, 2.05) is 12.1 Å². The van der Waals surface area contributed by atoms with Crippen molar-refractivity contribution in [3.05, 3.63) is 29.3 Å². The first-order valence-electron chi connectivity index (χ1n) is 5.36. The van der Waals surface area contributed by atoms with Crippen LogP contribution in [-0.2, 0) is 22.6 Å². The average Bonchev–Trinajstić information content (AvgIpc) is 2.28. The monoisotopic (exact) mass is 223 g/mol. The number of hydrogen-bond acceptors (Lipinski definition) is 2. The summed E-state index contributed by atoms with van der Waals surface area (Å²) in [6, 6.07) is 6.14. The zero-order valence-corrected chi connectivity index (χ0v) is 10.1. The molecule has 0 radical (unpaired) electrons. The molecule has 1 aliphatic rings. The molecular weight excluding hydrogens is 206 g/mol. The van der Waals surface area contributed by atoms with Crippen LogP contribution in [-0.4, -0.2) is 17.5 Å². The summed E-state index contributed by atoms with van der Waals surface area (Å²) in [7, 11) is -0.521. The summed E-state index contributed by atoms with van der Waals surface area (Å²) in [6.07, 6.45) is 6.39. The second kappa shape index (κ2) is 3.97. The summed E-state index contributed by atoms with van der Waals surface area (Å²) in [6.45, 7) is 0. The van der Waals surface area contributed by atoms with Gasteiger partial charge in [0.1, 0.15) is 0 Å². The van der Waals surface area contributed by atoms with Gasteiger partial charge in [0.05, 0.1) is 14.6 Å². The van der Waals surface area contributed by atoms with Gasteiger partial charge in [-0.2, -0.15) is 0 Å². The van der Waals surface area contributed by atoms with Gasteiger partial charge < -0.3 is 0 Å². The van der Waals surface area contributed by atoms with Crippen molar-refractivity contribution in [1.29, 1.82) is 0 Å². The highest BCUT2D eigenvalue weighted by atomic mass is 32.2. The van der Waals surface area contributed by atoms with Crippen LogP contribution in [0.4, 0.5) is 0 Å². The second-order valence-corrected chi connectivity index (χ2v) is 6.50. The molecule has 0 aromatic heterocycles. The molecule has 0 N–H and O–H groups in total. The Labute approximate surface area is 91.9 Å². The van der Waals surface area contributed by atoms with E-state index in [2.05, 4.69) is 10.4 Å². The van der Waals surface area contributed by atoms with Crippen molar-refractivity contribution in [1.82, 2.24) is 0 Å². The van der Waals surface area contributed by atoms with Crippen LogP contribution in [0.2, 0.25) is 0 Å². The Kier molecular flexibility index (Phi) is 2.83. The first-order chi connectivity index (χ1) is 7.15. The molecule has 3 heteroatoms. The first-order valence-corrected chi connectivity index (χ1v) is 7.28. The van der Waals surface area contributed by atoms with E-state index >= 15 is 0 Å². The summed E-state index contributed by atoms with van der Waals surface area (Å²) in [5.74, 6) is 0. The fourth-order valence-corrected chi connectivity index (χ4v) is 3.42. The van der Waals surface area contributed by atoms with Crippen LogP contribution in [0.15, 0.2) is 27.5 Å². The lowest BCUT2D eigenvalue weighted by atomic mass is 9.92. The first kappa shape index (κ1) is 10.7. The Hall–Kier alpha value is -0.830. The molecule has 2 rings (SSSR count). The molecule has 0 saturated heterocycles. The summed E-state index contributed by atoms with van der Waals surface area (Å²) in [4.78, 5) is 0.960. The topological polar surface area (TPSA) is 29.4 Å². The summed E-state index contributed by atoms with van der Waals surface area (Å²) >= 11 is 0. The normalized spacial score (nSPS) is 19.1. The van der Waals surface area contributed by atoms with E-state index in [4.69, 9.17) is 0 Å². The third kappa shape index (κ3) is 1.93. The minimum Gasteiger partial charge on any atom is -0.245 e. The molecular formula is C12H17NOS. The Morgan fingerprint density at radius 1 is 1.27 bits per heavy atom. The van der Waals surface area contributed by atoms with Crippen LogP contribution in [0.5, 0.6) is 0 Å². The Balaban J connectivity index is 2.63. The lowest BCUT2D eigenvalue weighted by molar-refractivity contribution is 0.661. The van der Waals surface area contributed by atoms with Crippen LogP contribution < -0.4 is 0 Å². The van der Waals surface area contributed by atoms with Gasteiger partial charge >= 0.3 is 0 Å². The minimum atomic E-state index is -2.16. The van der Waals surface area contributed by atoms with Crippen molar-refractivity contribution >= 4 is 9.73 Å². The van der Waals surface area contributed by atoms with Gasteiger partial charge in [0.2, 0.25) is 0 Å². The summed E-state index contributed by atoms with van der Waals surface area (Å²) in [5.41, 5.74) is 2.67. The minimum absolute atomic E-state index is 0.960. The zero-order valence-electron chi connectivity index (χ0n) is 9.32. The van der Waals surface area contributed by atoms with Gasteiger partial charge in [-0.15, -0.1) is 0 Å². The van der Waals surface area contributed by atoms with E-state index in [1.165, 1.54) is 24.0 Å². The third-order valence-electron chi connectivity index (χ3n) is 3.11. The van der Waals surface area contributed by atoms with E-state index in [9.17, 15) is 4.21 Å². The molecule has 0 saturated carbocycles. The predicted molar refractivity (Wildman–Crippen MR) is 63.8 cm³/mol. The van der Waals surface area contributed by atoms with Gasteiger partial charge in [-0.25, -0.2) is 8.57 Å². The van der Waals surface area contributed by atoms with Crippen molar-refractivity contribution < 1.29 is 4.21 Å². The molecule has 2 nitrogen and oxygen atoms in total. The molecule has 82 valence electrons. The van der Waals surface area contributed by atoms with E-state index in [1.54, 1.807) is 13.3 Å². The predicted octanol–water partition coefficient (Wildman–Crippen LogP) is 2.65. The van der Waals surface area contributed by atoms with Gasteiger partial charge in [-0.3, -0.25) is 0 Å². The summed E-state index contributed by atoms with van der Waals surface area (Å²) < 4.78 is 16.3. The lowest BCUT2D eigenvalue weighted by Crippen LogP contribution is -2.09. The van der Waals surface area contributed by atoms with Crippen molar-refractivity contribution in [2.45, 2.75) is 30.6 Å². The molecule has 1 aromatic carbocycles. The fourth-order valence-electron chi connectivity index (χ4n) is 2.20. The van der Waals surface area contributed by atoms with Crippen LogP contribution in [0.1, 0.15) is 24.0 Å². The molecule has 0 amide bonds. The standard InChI is InChI=1S/C12H17NOS/c1-13-15(2,14)12-9-5-7-10-6-3-4-8-11(10)12/h5,7,9H,3-4,6,8H2,1-2H3. The van der Waals surface area contributed by atoms with Gasteiger partial charge in [0.15, 0.2) is 0 Å². The van der Waals surface area contributed by atoms with E-state index in [-0.39, 0.29) is 0 Å². The number of benzene rings is 1. The smallest absolute Gasteiger partial charge is 0.0723 e. The Morgan fingerprint density at radius 3 is 2.73 bits per heavy atom. The molecule has 1 aromatic rings. The van der Waals surface area contributed by atoms with Crippen molar-refractivity contribution in [3.63, 3.8) is 0 Å². The Bertz CT molecular complexity index is 484. The Morgan fingerprint density at radius 2 is 2.00 bits per heavy atom. The number of nitrogens with zero attached hydrogens (tertiary/aromatic N) is 1. The molecule has 0 heterocycles. The highest BCUT2D eigenvalue weighted by molar-refractivity contribution is 7.93. The number of aryl methyl sites for hydroxylation is 1. The van der Waals surface area contributed by atoms with Crippen LogP contribution in [0.3, 0.4) is 0 Å². The molecule has 15 heavy (non-hydrogen) atoms. The molecule has 1 aliphatic carbocycles. The lowest BCUT2D eigenvalue weighted by Gasteiger charge is -2.19. The average molecular weight is 223 g/mol. The van der Waals surface area contributed by atoms with Gasteiger partial charge in [0, 0.05) is 13.3 Å². The van der Waals surface area contributed by atoms with Gasteiger partial charge in [0.25, 0.3) is 0 Å². The highest BCUT2D eigenvalue weighted by Crippen LogP contribution is 2.27. The van der Waals surface area contributed by atoms with Crippen molar-refractivity contribution in [2.75, 3.05) is 13.3 Å². The quantitative estimate of drug-likeness (QED) is 0.719. The van der Waals surface area contributed by atoms with E-state index < -0.39 is 9.73 Å². The van der Waals surface area contributed by atoms with E-state index in [0.29, 0.717) is 0 Å². The highest BCUT2D eigenvalue weighted by Gasteiger charge is 2.17. The second-order valence-electron chi connectivity index (χ2n) is 4.09. The largest absolute Gasteiger partial charge is 0.245 e. The maximum Gasteiger partial charge on any atom is 0.0723 e. The van der Waals surface area contributed by atoms with E-state index in [0.717, 1.165) is 17.7 Å². The molecule has 0 aliphatic heterocycles. The van der Waals surface area contributed by atoms with Crippen LogP contribution >= 0.6 is 0 Å². The molecule has 1 unspecified atom stereocenters. The number of fused-ring (bicyclic) bond motifs is 1. The maximum absolute atomic E-state index is 12.3. The number of hydrogen-bond donors (Lipinski definition) is 0. The fraction of sp³-hybridized carbons (Fsp3) is 0.500. The SMILES string of the molecule is CN=S(C)(=O)c1cccc2c1CCCC2. The van der Waals surface area contributed by atoms with Gasteiger partial charge in [-0.1, -0.05) is 12.1 Å². The molecule has 0 fully saturated rings. The molecule has 0 spiro atoms. The van der Waals surface area contributed by atoms with Crippen molar-refractivity contribution in [2.24, 2.45) is 4.36 Å². The zero-order chi connectivity index (χ0) is 10.9. The van der Waals surface area contributed by atoms with Crippen molar-refractivity contribution in [3.8, 4) is 0 Å². The van der Waals surface area contributed by atoms with Gasteiger partial charge in [-0.05, 0) is 42.9 Å². The third-order valence-corrected chi connectivity index (χ3v) is 5.00. The molecule has 1 atom stereocenters. The van der Waals surface area contributed by atoms with Crippen LogP contribution in [0, 0.1) is 0 Å². The van der Waals surface area contributed by atoms with Crippen LogP contribution in [0.25, 0.3) is 0 Å². The maximum atomic E-state index is 12.3. The number of rotatable bonds is 1. The summed E-state index contributed by atoms with van der Waals surface area (Å²) in [5, 5.41) is 0.